The van der Waals surface area contributed by atoms with Crippen molar-refractivity contribution in [2.75, 3.05) is 13.1 Å². The molecule has 0 fully saturated rings. The molecule has 5 nitrogen and oxygen atoms in total. The highest BCUT2D eigenvalue weighted by Crippen LogP contribution is 2.38. The van der Waals surface area contributed by atoms with Gasteiger partial charge in [0, 0.05) is 0 Å². The van der Waals surface area contributed by atoms with Crippen LogP contribution in [-0.4, -0.2) is 38.2 Å². The Labute approximate surface area is 181 Å². The first-order valence-corrected chi connectivity index (χ1v) is 11.4. The number of rotatable bonds is 9. The number of para-hydroxylation sites is 1. The largest absolute Gasteiger partial charge is 0.290 e. The SMILES string of the molecule is C=C(C)C1CC=C(C(c2nnnn2-c2c(C)cccc2C)N(CCC)CCC)CC1. The lowest BCUT2D eigenvalue weighted by Gasteiger charge is -2.35. The van der Waals surface area contributed by atoms with Crippen molar-refractivity contribution in [3.63, 3.8) is 0 Å². The van der Waals surface area contributed by atoms with Crippen LogP contribution in [0.4, 0.5) is 0 Å². The van der Waals surface area contributed by atoms with Crippen LogP contribution in [0.15, 0.2) is 42.0 Å². The average Bonchev–Trinajstić information content (AvgIpc) is 3.18. The number of benzene rings is 1. The Morgan fingerprint density at radius 3 is 2.40 bits per heavy atom. The minimum Gasteiger partial charge on any atom is -0.290 e. The van der Waals surface area contributed by atoms with E-state index in [4.69, 9.17) is 0 Å². The molecule has 3 rings (SSSR count). The van der Waals surface area contributed by atoms with Gasteiger partial charge < -0.3 is 0 Å². The molecule has 5 heteroatoms. The normalized spacial score (nSPS) is 17.8. The Bertz CT molecular complexity index is 868. The molecule has 2 aromatic rings. The molecule has 0 bridgehead atoms. The van der Waals surface area contributed by atoms with Gasteiger partial charge in [-0.3, -0.25) is 4.90 Å². The third kappa shape index (κ3) is 4.72. The number of allylic oxidation sites excluding steroid dienone is 2. The van der Waals surface area contributed by atoms with E-state index in [1.807, 2.05) is 4.68 Å². The average molecular weight is 408 g/mol. The zero-order valence-electron chi connectivity index (χ0n) is 19.4. The molecular weight excluding hydrogens is 370 g/mol. The summed E-state index contributed by atoms with van der Waals surface area (Å²) in [7, 11) is 0. The lowest BCUT2D eigenvalue weighted by Crippen LogP contribution is -2.34. The Morgan fingerprint density at radius 1 is 1.20 bits per heavy atom. The van der Waals surface area contributed by atoms with E-state index >= 15 is 0 Å². The molecule has 1 aromatic heterocycles. The lowest BCUT2D eigenvalue weighted by atomic mass is 9.82. The molecule has 1 aromatic carbocycles. The second-order valence-electron chi connectivity index (χ2n) is 8.72. The highest BCUT2D eigenvalue weighted by Gasteiger charge is 2.31. The maximum atomic E-state index is 4.59. The quantitative estimate of drug-likeness (QED) is 0.497. The number of hydrogen-bond donors (Lipinski definition) is 0. The van der Waals surface area contributed by atoms with Crippen LogP contribution in [0.3, 0.4) is 0 Å². The van der Waals surface area contributed by atoms with Crippen molar-refractivity contribution in [1.82, 2.24) is 25.1 Å². The third-order valence-electron chi connectivity index (χ3n) is 6.27. The number of nitrogens with zero attached hydrogens (tertiary/aromatic N) is 5. The van der Waals surface area contributed by atoms with Crippen LogP contribution in [0.2, 0.25) is 0 Å². The van der Waals surface area contributed by atoms with E-state index in [-0.39, 0.29) is 6.04 Å². The summed E-state index contributed by atoms with van der Waals surface area (Å²) >= 11 is 0. The van der Waals surface area contributed by atoms with E-state index in [1.54, 1.807) is 0 Å². The molecule has 1 aliphatic carbocycles. The molecule has 30 heavy (non-hydrogen) atoms. The molecule has 0 saturated heterocycles. The number of hydrogen-bond acceptors (Lipinski definition) is 4. The van der Waals surface area contributed by atoms with E-state index in [1.165, 1.54) is 22.3 Å². The van der Waals surface area contributed by atoms with Crippen LogP contribution >= 0.6 is 0 Å². The van der Waals surface area contributed by atoms with Crippen molar-refractivity contribution in [3.8, 4) is 5.69 Å². The molecule has 0 amide bonds. The van der Waals surface area contributed by atoms with Crippen molar-refractivity contribution in [3.05, 3.63) is 59.0 Å². The van der Waals surface area contributed by atoms with Gasteiger partial charge in [-0.15, -0.1) is 5.10 Å². The molecule has 0 radical (unpaired) electrons. The summed E-state index contributed by atoms with van der Waals surface area (Å²) in [6, 6.07) is 6.48. The standard InChI is InChI=1S/C25H37N5/c1-7-16-29(17-8-2)24(22-14-12-21(13-15-22)18(3)4)25-26-27-28-30(25)23-19(5)10-9-11-20(23)6/h9-11,14,21,24H,3,7-8,12-13,15-17H2,1-2,4-6H3. The minimum atomic E-state index is 0.116. The fourth-order valence-electron chi connectivity index (χ4n) is 4.72. The van der Waals surface area contributed by atoms with Gasteiger partial charge in [-0.25, -0.2) is 0 Å². The van der Waals surface area contributed by atoms with E-state index in [2.05, 4.69) is 85.9 Å². The summed E-state index contributed by atoms with van der Waals surface area (Å²) in [6.07, 6.45) is 7.97. The smallest absolute Gasteiger partial charge is 0.177 e. The first-order valence-electron chi connectivity index (χ1n) is 11.4. The zero-order valence-corrected chi connectivity index (χ0v) is 19.4. The van der Waals surface area contributed by atoms with Gasteiger partial charge >= 0.3 is 0 Å². The van der Waals surface area contributed by atoms with Crippen LogP contribution in [0.25, 0.3) is 5.69 Å². The number of aryl methyl sites for hydroxylation is 2. The monoisotopic (exact) mass is 407 g/mol. The highest BCUT2D eigenvalue weighted by atomic mass is 15.6. The second kappa shape index (κ2) is 10.2. The van der Waals surface area contributed by atoms with Gasteiger partial charge in [0.15, 0.2) is 5.82 Å². The minimum absolute atomic E-state index is 0.116. The second-order valence-corrected chi connectivity index (χ2v) is 8.72. The number of tetrazole rings is 1. The Kier molecular flexibility index (Phi) is 7.59. The molecule has 2 unspecified atom stereocenters. The maximum absolute atomic E-state index is 4.59. The van der Waals surface area contributed by atoms with Crippen molar-refractivity contribution in [2.24, 2.45) is 5.92 Å². The van der Waals surface area contributed by atoms with E-state index < -0.39 is 0 Å². The van der Waals surface area contributed by atoms with E-state index in [0.29, 0.717) is 5.92 Å². The van der Waals surface area contributed by atoms with Crippen LogP contribution in [0.5, 0.6) is 0 Å². The van der Waals surface area contributed by atoms with Gasteiger partial charge in [0.2, 0.25) is 0 Å². The fraction of sp³-hybridized carbons (Fsp3) is 0.560. The first kappa shape index (κ1) is 22.4. The Hall–Kier alpha value is -2.27. The number of aromatic nitrogens is 4. The highest BCUT2D eigenvalue weighted by molar-refractivity contribution is 5.47. The van der Waals surface area contributed by atoms with Crippen LogP contribution in [0.1, 0.15) is 75.9 Å². The summed E-state index contributed by atoms with van der Waals surface area (Å²) in [5, 5.41) is 13.2. The predicted octanol–water partition coefficient (Wildman–Crippen LogP) is 5.74. The first-order chi connectivity index (χ1) is 14.5. The van der Waals surface area contributed by atoms with Gasteiger partial charge in [0.1, 0.15) is 0 Å². The van der Waals surface area contributed by atoms with Crippen LogP contribution in [0, 0.1) is 19.8 Å². The fourth-order valence-corrected chi connectivity index (χ4v) is 4.72. The van der Waals surface area contributed by atoms with Gasteiger partial charge in [0.25, 0.3) is 0 Å². The molecule has 0 aliphatic heterocycles. The van der Waals surface area contributed by atoms with Gasteiger partial charge in [-0.2, -0.15) is 4.68 Å². The van der Waals surface area contributed by atoms with Crippen molar-refractivity contribution in [1.29, 1.82) is 0 Å². The van der Waals surface area contributed by atoms with Gasteiger partial charge in [-0.1, -0.05) is 50.3 Å². The summed E-state index contributed by atoms with van der Waals surface area (Å²) in [6.45, 7) is 17.2. The predicted molar refractivity (Wildman–Crippen MR) is 124 cm³/mol. The van der Waals surface area contributed by atoms with E-state index in [9.17, 15) is 0 Å². The summed E-state index contributed by atoms with van der Waals surface area (Å²) < 4.78 is 1.99. The van der Waals surface area contributed by atoms with Gasteiger partial charge in [-0.05, 0) is 99.0 Å². The maximum Gasteiger partial charge on any atom is 0.177 e. The molecule has 2 atom stereocenters. The molecule has 1 heterocycles. The molecule has 162 valence electrons. The van der Waals surface area contributed by atoms with Crippen LogP contribution in [-0.2, 0) is 0 Å². The summed E-state index contributed by atoms with van der Waals surface area (Å²) in [5.41, 5.74) is 6.24. The lowest BCUT2D eigenvalue weighted by molar-refractivity contribution is 0.206. The van der Waals surface area contributed by atoms with Crippen molar-refractivity contribution in [2.45, 2.75) is 72.8 Å². The molecule has 1 aliphatic rings. The molecule has 0 N–H and O–H groups in total. The third-order valence-corrected chi connectivity index (χ3v) is 6.27. The van der Waals surface area contributed by atoms with Crippen molar-refractivity contribution >= 4 is 0 Å². The summed E-state index contributed by atoms with van der Waals surface area (Å²) in [5.74, 6) is 1.53. The molecular formula is C25H37N5. The molecule has 0 saturated carbocycles. The topological polar surface area (TPSA) is 46.8 Å². The zero-order chi connectivity index (χ0) is 21.7. The van der Waals surface area contributed by atoms with E-state index in [0.717, 1.165) is 56.7 Å². The summed E-state index contributed by atoms with van der Waals surface area (Å²) in [4.78, 5) is 2.57. The Morgan fingerprint density at radius 2 is 1.87 bits per heavy atom. The van der Waals surface area contributed by atoms with Gasteiger partial charge in [0.05, 0.1) is 11.7 Å². The van der Waals surface area contributed by atoms with Crippen molar-refractivity contribution < 1.29 is 0 Å². The van der Waals surface area contributed by atoms with Crippen LogP contribution < -0.4 is 0 Å². The molecule has 0 spiro atoms. The Balaban J connectivity index is 2.08.